The fraction of sp³-hybridized carbons (Fsp3) is 0.381. The molecule has 2 aromatic carbocycles. The summed E-state index contributed by atoms with van der Waals surface area (Å²) in [5.74, 6) is 0.216. The largest absolute Gasteiger partial charge is 0.352 e. The molecule has 0 aromatic heterocycles. The molecule has 1 aliphatic heterocycles. The van der Waals surface area contributed by atoms with Crippen LogP contribution in [0.5, 0.6) is 0 Å². The van der Waals surface area contributed by atoms with E-state index in [9.17, 15) is 13.2 Å². The van der Waals surface area contributed by atoms with Crippen LogP contribution in [0.2, 0.25) is 0 Å². The molecule has 0 radical (unpaired) electrons. The Kier molecular flexibility index (Phi) is 6.63. The number of carbonyl (C=O) groups is 1. The summed E-state index contributed by atoms with van der Waals surface area (Å²) < 4.78 is 24.8. The van der Waals surface area contributed by atoms with Gasteiger partial charge in [-0.2, -0.15) is 0 Å². The van der Waals surface area contributed by atoms with E-state index in [1.165, 1.54) is 0 Å². The van der Waals surface area contributed by atoms with Crippen LogP contribution in [-0.4, -0.2) is 44.6 Å². The molecule has 1 N–H and O–H groups in total. The zero-order valence-corrected chi connectivity index (χ0v) is 16.2. The van der Waals surface area contributed by atoms with Crippen molar-refractivity contribution in [3.8, 4) is 0 Å². The Balaban J connectivity index is 1.41. The number of hydrogen-bond acceptors (Lipinski definition) is 4. The average molecular weight is 387 g/mol. The number of rotatable bonds is 7. The lowest BCUT2D eigenvalue weighted by molar-refractivity contribution is -0.126. The van der Waals surface area contributed by atoms with Gasteiger partial charge < -0.3 is 10.2 Å². The average Bonchev–Trinajstić information content (AvgIpc) is 2.72. The molecule has 6 heteroatoms. The van der Waals surface area contributed by atoms with E-state index in [2.05, 4.69) is 10.2 Å². The Morgan fingerprint density at radius 1 is 0.963 bits per heavy atom. The third-order valence-electron chi connectivity index (χ3n) is 5.05. The van der Waals surface area contributed by atoms with Gasteiger partial charge in [-0.25, -0.2) is 8.42 Å². The maximum absolute atomic E-state index is 12.4. The van der Waals surface area contributed by atoms with Crippen LogP contribution in [0.3, 0.4) is 0 Å². The van der Waals surface area contributed by atoms with Crippen LogP contribution in [0.1, 0.15) is 18.4 Å². The highest BCUT2D eigenvalue weighted by Crippen LogP contribution is 2.18. The highest BCUT2D eigenvalue weighted by atomic mass is 32.2. The zero-order chi connectivity index (χ0) is 19.1. The molecule has 0 spiro atoms. The van der Waals surface area contributed by atoms with E-state index in [1.54, 1.807) is 24.3 Å². The molecule has 1 heterocycles. The van der Waals surface area contributed by atoms with Gasteiger partial charge in [0, 0.05) is 19.0 Å². The highest BCUT2D eigenvalue weighted by molar-refractivity contribution is 7.91. The van der Waals surface area contributed by atoms with Gasteiger partial charge in [0.25, 0.3) is 0 Å². The topological polar surface area (TPSA) is 66.5 Å². The van der Waals surface area contributed by atoms with Crippen molar-refractivity contribution < 1.29 is 13.2 Å². The quantitative estimate of drug-likeness (QED) is 0.794. The van der Waals surface area contributed by atoms with Gasteiger partial charge in [0.15, 0.2) is 9.84 Å². The van der Waals surface area contributed by atoms with Gasteiger partial charge in [0.05, 0.1) is 10.6 Å². The normalized spacial score (nSPS) is 16.1. The summed E-state index contributed by atoms with van der Waals surface area (Å²) in [6.45, 7) is 2.58. The fourth-order valence-corrected chi connectivity index (χ4v) is 4.65. The van der Waals surface area contributed by atoms with Gasteiger partial charge in [-0.05, 0) is 43.6 Å². The van der Waals surface area contributed by atoms with E-state index in [0.29, 0.717) is 18.0 Å². The Morgan fingerprint density at radius 2 is 1.56 bits per heavy atom. The summed E-state index contributed by atoms with van der Waals surface area (Å²) in [5.41, 5.74) is 1.09. The summed E-state index contributed by atoms with van der Waals surface area (Å²) in [5, 5.41) is 3.01. The summed E-state index contributed by atoms with van der Waals surface area (Å²) in [4.78, 5) is 14.9. The molecule has 0 saturated carbocycles. The number of amides is 1. The predicted octanol–water partition coefficient (Wildman–Crippen LogP) is 2.49. The highest BCUT2D eigenvalue weighted by Gasteiger charge is 2.25. The molecule has 1 fully saturated rings. The second-order valence-electron chi connectivity index (χ2n) is 6.95. The number of nitrogens with one attached hydrogen (secondary N) is 1. The third-order valence-corrected chi connectivity index (χ3v) is 6.76. The van der Waals surface area contributed by atoms with E-state index in [1.807, 2.05) is 36.4 Å². The number of benzene rings is 2. The standard InChI is InChI=1S/C21H26N2O3S/c24-21(22-17-18-7-3-1-4-8-18)19-11-13-23(14-12-19)15-16-27(25,26)20-9-5-2-6-10-20/h1-10,19H,11-17H2,(H,22,24). The minimum atomic E-state index is -3.25. The smallest absolute Gasteiger partial charge is 0.223 e. The van der Waals surface area contributed by atoms with Crippen molar-refractivity contribution in [2.75, 3.05) is 25.4 Å². The summed E-state index contributed by atoms with van der Waals surface area (Å²) in [7, 11) is -3.25. The van der Waals surface area contributed by atoms with Crippen LogP contribution < -0.4 is 5.32 Å². The van der Waals surface area contributed by atoms with Crippen LogP contribution in [0.15, 0.2) is 65.6 Å². The molecule has 1 aliphatic rings. The Hall–Kier alpha value is -2.18. The first-order valence-corrected chi connectivity index (χ1v) is 11.0. The van der Waals surface area contributed by atoms with Gasteiger partial charge in [0.1, 0.15) is 0 Å². The molecule has 0 aliphatic carbocycles. The molecule has 3 rings (SSSR count). The lowest BCUT2D eigenvalue weighted by atomic mass is 9.96. The lowest BCUT2D eigenvalue weighted by Crippen LogP contribution is -2.41. The van der Waals surface area contributed by atoms with Crippen LogP contribution in [0.4, 0.5) is 0 Å². The maximum Gasteiger partial charge on any atom is 0.223 e. The Bertz CT molecular complexity index is 830. The number of nitrogens with zero attached hydrogens (tertiary/aromatic N) is 1. The van der Waals surface area contributed by atoms with Gasteiger partial charge in [-0.3, -0.25) is 4.79 Å². The molecule has 5 nitrogen and oxygen atoms in total. The zero-order valence-electron chi connectivity index (χ0n) is 15.4. The summed E-state index contributed by atoms with van der Waals surface area (Å²) in [6, 6.07) is 18.4. The molecule has 1 amide bonds. The van der Waals surface area contributed by atoms with Gasteiger partial charge >= 0.3 is 0 Å². The number of hydrogen-bond donors (Lipinski definition) is 1. The third kappa shape index (κ3) is 5.65. The van der Waals surface area contributed by atoms with Gasteiger partial charge in [0.2, 0.25) is 5.91 Å². The second-order valence-corrected chi connectivity index (χ2v) is 9.06. The molecule has 27 heavy (non-hydrogen) atoms. The predicted molar refractivity (Wildman–Crippen MR) is 106 cm³/mol. The SMILES string of the molecule is O=C(NCc1ccccc1)C1CCN(CCS(=O)(=O)c2ccccc2)CC1. The number of sulfone groups is 1. The Labute approximate surface area is 161 Å². The van der Waals surface area contributed by atoms with E-state index in [-0.39, 0.29) is 17.6 Å². The van der Waals surface area contributed by atoms with E-state index in [0.717, 1.165) is 31.5 Å². The van der Waals surface area contributed by atoms with Crippen molar-refractivity contribution in [1.29, 1.82) is 0 Å². The first-order valence-electron chi connectivity index (χ1n) is 9.36. The number of carbonyl (C=O) groups excluding carboxylic acids is 1. The fourth-order valence-electron chi connectivity index (χ4n) is 3.34. The van der Waals surface area contributed by atoms with Crippen LogP contribution >= 0.6 is 0 Å². The maximum atomic E-state index is 12.4. The number of likely N-dealkylation sites (tertiary alicyclic amines) is 1. The molecule has 2 aromatic rings. The molecule has 0 bridgehead atoms. The van der Waals surface area contributed by atoms with Crippen molar-refractivity contribution in [2.45, 2.75) is 24.3 Å². The second kappa shape index (κ2) is 9.15. The van der Waals surface area contributed by atoms with E-state index < -0.39 is 9.84 Å². The van der Waals surface area contributed by atoms with Crippen molar-refractivity contribution in [3.05, 3.63) is 66.2 Å². The molecule has 1 saturated heterocycles. The lowest BCUT2D eigenvalue weighted by Gasteiger charge is -2.31. The van der Waals surface area contributed by atoms with E-state index in [4.69, 9.17) is 0 Å². The first-order chi connectivity index (χ1) is 13.0. The monoisotopic (exact) mass is 386 g/mol. The van der Waals surface area contributed by atoms with Crippen molar-refractivity contribution in [2.24, 2.45) is 5.92 Å². The van der Waals surface area contributed by atoms with Crippen LogP contribution in [0.25, 0.3) is 0 Å². The number of piperidine rings is 1. The van der Waals surface area contributed by atoms with Crippen molar-refractivity contribution in [3.63, 3.8) is 0 Å². The molecular weight excluding hydrogens is 360 g/mol. The minimum Gasteiger partial charge on any atom is -0.352 e. The first kappa shape index (κ1) is 19.6. The van der Waals surface area contributed by atoms with Crippen molar-refractivity contribution >= 4 is 15.7 Å². The van der Waals surface area contributed by atoms with Crippen LogP contribution in [0, 0.1) is 5.92 Å². The summed E-state index contributed by atoms with van der Waals surface area (Å²) >= 11 is 0. The molecule has 144 valence electrons. The minimum absolute atomic E-state index is 0.00990. The van der Waals surface area contributed by atoms with Gasteiger partial charge in [-0.1, -0.05) is 48.5 Å². The van der Waals surface area contributed by atoms with Crippen molar-refractivity contribution in [1.82, 2.24) is 10.2 Å². The van der Waals surface area contributed by atoms with E-state index >= 15 is 0 Å². The molecular formula is C21H26N2O3S. The Morgan fingerprint density at radius 3 is 2.19 bits per heavy atom. The van der Waals surface area contributed by atoms with Crippen LogP contribution in [-0.2, 0) is 21.2 Å². The molecule has 0 unspecified atom stereocenters. The molecule has 0 atom stereocenters. The summed E-state index contributed by atoms with van der Waals surface area (Å²) in [6.07, 6.45) is 1.54. The van der Waals surface area contributed by atoms with Gasteiger partial charge in [-0.15, -0.1) is 0 Å².